The molecule has 7 heteroatoms. The number of aryl methyl sites for hydroxylation is 1. The van der Waals surface area contributed by atoms with Gasteiger partial charge in [-0.2, -0.15) is 0 Å². The van der Waals surface area contributed by atoms with Crippen LogP contribution in [0.15, 0.2) is 47.0 Å². The van der Waals surface area contributed by atoms with Gasteiger partial charge >= 0.3 is 5.97 Å². The van der Waals surface area contributed by atoms with Crippen LogP contribution in [0.25, 0.3) is 6.08 Å². The molecule has 0 aliphatic rings. The maximum Gasteiger partial charge on any atom is 0.342 e. The smallest absolute Gasteiger partial charge is 0.342 e. The lowest BCUT2D eigenvalue weighted by molar-refractivity contribution is -0.131. The first-order valence-corrected chi connectivity index (χ1v) is 7.26. The lowest BCUT2D eigenvalue weighted by Crippen LogP contribution is -1.99. The van der Waals surface area contributed by atoms with Crippen molar-refractivity contribution in [3.8, 4) is 5.75 Å². The maximum absolute atomic E-state index is 11.4. The lowest BCUT2D eigenvalue weighted by atomic mass is 10.2. The number of aromatic nitrogens is 3. The number of thioether (sulfide) groups is 1. The summed E-state index contributed by atoms with van der Waals surface area (Å²) in [5.74, 6) is 0.167. The maximum atomic E-state index is 11.4. The van der Waals surface area contributed by atoms with Crippen molar-refractivity contribution < 1.29 is 14.6 Å². The monoisotopic (exact) mass is 317 g/mol. The number of aromatic amines is 1. The fraction of sp³-hybridized carbons (Fsp3) is 0.133. The highest BCUT2D eigenvalue weighted by atomic mass is 32.2. The van der Waals surface area contributed by atoms with Crippen molar-refractivity contribution in [2.45, 2.75) is 12.1 Å². The number of nitrogens with one attached hydrogen (secondary N) is 1. The number of aliphatic carboxylic acids is 1. The Balaban J connectivity index is 2.29. The molecule has 0 radical (unpaired) electrons. The molecule has 0 unspecified atom stereocenters. The Hall–Kier alpha value is -2.54. The molecule has 1 aromatic carbocycles. The Morgan fingerprint density at radius 2 is 2.27 bits per heavy atom. The topological polar surface area (TPSA) is 88.1 Å². The number of carboxylic acid groups (broad SMARTS) is 1. The third kappa shape index (κ3) is 4.23. The zero-order valence-electron chi connectivity index (χ0n) is 11.9. The van der Waals surface area contributed by atoms with E-state index in [4.69, 9.17) is 4.74 Å². The summed E-state index contributed by atoms with van der Waals surface area (Å²) in [5, 5.41) is 16.3. The second-order valence-corrected chi connectivity index (χ2v) is 5.27. The highest BCUT2D eigenvalue weighted by molar-refractivity contribution is 8.04. The van der Waals surface area contributed by atoms with Crippen molar-refractivity contribution in [2.24, 2.45) is 0 Å². The Bertz CT molecular complexity index is 710. The first-order chi connectivity index (χ1) is 10.6. The molecule has 0 aliphatic heterocycles. The van der Waals surface area contributed by atoms with E-state index in [1.165, 1.54) is 6.08 Å². The zero-order valence-corrected chi connectivity index (χ0v) is 12.8. The van der Waals surface area contributed by atoms with Gasteiger partial charge in [0.15, 0.2) is 0 Å². The van der Waals surface area contributed by atoms with E-state index in [0.717, 1.165) is 11.8 Å². The van der Waals surface area contributed by atoms with Gasteiger partial charge in [0.2, 0.25) is 5.16 Å². The van der Waals surface area contributed by atoms with Gasteiger partial charge in [-0.25, -0.2) is 9.78 Å². The van der Waals surface area contributed by atoms with Crippen LogP contribution in [0.4, 0.5) is 0 Å². The molecular formula is C15H15N3O3S. The number of hydrogen-bond acceptors (Lipinski definition) is 5. The fourth-order valence-corrected chi connectivity index (χ4v) is 2.37. The SMILES string of the molecule is C=CCOc1ccccc1/C=C(\Sc1n[nH]c(C)n1)C(=O)O. The van der Waals surface area contributed by atoms with Crippen LogP contribution in [0.5, 0.6) is 5.75 Å². The molecule has 0 aliphatic carbocycles. The highest BCUT2D eigenvalue weighted by Gasteiger charge is 2.14. The van der Waals surface area contributed by atoms with Gasteiger partial charge in [-0.15, -0.1) is 5.10 Å². The Kier molecular flexibility index (Phi) is 5.37. The number of para-hydroxylation sites is 1. The third-order valence-electron chi connectivity index (χ3n) is 2.55. The minimum absolute atomic E-state index is 0.105. The van der Waals surface area contributed by atoms with Gasteiger partial charge < -0.3 is 9.84 Å². The lowest BCUT2D eigenvalue weighted by Gasteiger charge is -2.07. The van der Waals surface area contributed by atoms with Crippen molar-refractivity contribution in [3.05, 3.63) is 53.2 Å². The van der Waals surface area contributed by atoms with Gasteiger partial charge in [-0.1, -0.05) is 30.9 Å². The molecule has 0 spiro atoms. The summed E-state index contributed by atoms with van der Waals surface area (Å²) >= 11 is 0.977. The number of hydrogen-bond donors (Lipinski definition) is 2. The summed E-state index contributed by atoms with van der Waals surface area (Å²) < 4.78 is 5.52. The zero-order chi connectivity index (χ0) is 15.9. The minimum atomic E-state index is -1.05. The van der Waals surface area contributed by atoms with Gasteiger partial charge in [-0.05, 0) is 30.8 Å². The summed E-state index contributed by atoms with van der Waals surface area (Å²) in [6, 6.07) is 7.19. The van der Waals surface area contributed by atoms with Gasteiger partial charge in [0.25, 0.3) is 0 Å². The molecule has 0 saturated carbocycles. The summed E-state index contributed by atoms with van der Waals surface area (Å²) in [7, 11) is 0. The molecule has 0 amide bonds. The van der Waals surface area contributed by atoms with E-state index in [9.17, 15) is 9.90 Å². The van der Waals surface area contributed by atoms with Crippen molar-refractivity contribution in [1.82, 2.24) is 15.2 Å². The molecular weight excluding hydrogens is 302 g/mol. The van der Waals surface area contributed by atoms with E-state index in [1.807, 2.05) is 12.1 Å². The number of carboxylic acids is 1. The van der Waals surface area contributed by atoms with Crippen LogP contribution in [-0.4, -0.2) is 32.9 Å². The summed E-state index contributed by atoms with van der Waals surface area (Å²) in [4.78, 5) is 15.6. The van der Waals surface area contributed by atoms with Crippen LogP contribution in [0, 0.1) is 6.92 Å². The first kappa shape index (κ1) is 15.8. The quantitative estimate of drug-likeness (QED) is 0.464. The number of benzene rings is 1. The molecule has 0 bridgehead atoms. The molecule has 22 heavy (non-hydrogen) atoms. The minimum Gasteiger partial charge on any atom is -0.489 e. The van der Waals surface area contributed by atoms with E-state index < -0.39 is 5.97 Å². The number of ether oxygens (including phenoxy) is 1. The van der Waals surface area contributed by atoms with Gasteiger partial charge in [-0.3, -0.25) is 5.10 Å². The van der Waals surface area contributed by atoms with E-state index in [0.29, 0.717) is 28.9 Å². The average molecular weight is 317 g/mol. The Morgan fingerprint density at radius 1 is 1.50 bits per heavy atom. The molecule has 2 aromatic rings. The second kappa shape index (κ2) is 7.46. The predicted molar refractivity (Wildman–Crippen MR) is 84.7 cm³/mol. The Labute approximate surface area is 131 Å². The average Bonchev–Trinajstić information content (AvgIpc) is 2.90. The molecule has 1 aromatic heterocycles. The van der Waals surface area contributed by atoms with Gasteiger partial charge in [0.05, 0.1) is 0 Å². The molecule has 0 fully saturated rings. The number of nitrogens with zero attached hydrogens (tertiary/aromatic N) is 2. The first-order valence-electron chi connectivity index (χ1n) is 6.44. The van der Waals surface area contributed by atoms with Crippen molar-refractivity contribution in [2.75, 3.05) is 6.61 Å². The molecule has 0 saturated heterocycles. The largest absolute Gasteiger partial charge is 0.489 e. The van der Waals surface area contributed by atoms with E-state index in [2.05, 4.69) is 21.8 Å². The van der Waals surface area contributed by atoms with Crippen LogP contribution in [0.1, 0.15) is 11.4 Å². The molecule has 0 atom stereocenters. The summed E-state index contributed by atoms with van der Waals surface area (Å²) in [5.41, 5.74) is 0.668. The van der Waals surface area contributed by atoms with E-state index in [1.54, 1.807) is 25.1 Å². The van der Waals surface area contributed by atoms with Crippen LogP contribution in [0.2, 0.25) is 0 Å². The van der Waals surface area contributed by atoms with Crippen molar-refractivity contribution >= 4 is 23.8 Å². The molecule has 2 rings (SSSR count). The third-order valence-corrected chi connectivity index (χ3v) is 3.43. The summed E-state index contributed by atoms with van der Waals surface area (Å²) in [6.45, 7) is 5.69. The van der Waals surface area contributed by atoms with Crippen LogP contribution >= 0.6 is 11.8 Å². The normalized spacial score (nSPS) is 11.2. The number of rotatable bonds is 7. The van der Waals surface area contributed by atoms with Crippen molar-refractivity contribution in [1.29, 1.82) is 0 Å². The van der Waals surface area contributed by atoms with Crippen LogP contribution in [0.3, 0.4) is 0 Å². The van der Waals surface area contributed by atoms with Gasteiger partial charge in [0, 0.05) is 5.56 Å². The van der Waals surface area contributed by atoms with Crippen LogP contribution < -0.4 is 4.74 Å². The number of carbonyl (C=O) groups is 1. The van der Waals surface area contributed by atoms with Gasteiger partial charge in [0.1, 0.15) is 23.1 Å². The fourth-order valence-electron chi connectivity index (χ4n) is 1.62. The second-order valence-electron chi connectivity index (χ2n) is 4.26. The summed E-state index contributed by atoms with van der Waals surface area (Å²) in [6.07, 6.45) is 3.17. The number of H-pyrrole nitrogens is 1. The van der Waals surface area contributed by atoms with E-state index >= 15 is 0 Å². The van der Waals surface area contributed by atoms with Crippen LogP contribution in [-0.2, 0) is 4.79 Å². The Morgan fingerprint density at radius 3 is 2.91 bits per heavy atom. The highest BCUT2D eigenvalue weighted by Crippen LogP contribution is 2.28. The van der Waals surface area contributed by atoms with Crippen molar-refractivity contribution in [3.63, 3.8) is 0 Å². The molecule has 114 valence electrons. The molecule has 6 nitrogen and oxygen atoms in total. The standard InChI is InChI=1S/C15H15N3O3S/c1-3-8-21-12-7-5-4-6-11(12)9-13(14(19)20)22-15-16-10(2)17-18-15/h3-7,9H,1,8H2,2H3,(H,19,20)(H,16,17,18)/b13-9-. The molecule has 1 heterocycles. The van der Waals surface area contributed by atoms with E-state index in [-0.39, 0.29) is 4.91 Å². The predicted octanol–water partition coefficient (Wildman–Crippen LogP) is 2.90. The molecule has 2 N–H and O–H groups in total.